The van der Waals surface area contributed by atoms with Gasteiger partial charge in [-0.1, -0.05) is 29.8 Å². The van der Waals surface area contributed by atoms with E-state index in [9.17, 15) is 0 Å². The van der Waals surface area contributed by atoms with Crippen LogP contribution in [0.3, 0.4) is 0 Å². The molecule has 2 aromatic rings. The summed E-state index contributed by atoms with van der Waals surface area (Å²) in [4.78, 5) is 4.17. The number of nitrogens with two attached hydrogens (primary N) is 1. The molecule has 0 fully saturated rings. The number of hydrogen-bond acceptors (Lipinski definition) is 4. The highest BCUT2D eigenvalue weighted by molar-refractivity contribution is 6.31. The number of aromatic nitrogens is 3. The maximum atomic E-state index is 6.14. The molecular weight excluding hydrogens is 238 g/mol. The number of hydrazine groups is 1. The van der Waals surface area contributed by atoms with E-state index in [1.165, 1.54) is 6.33 Å². The molecule has 0 aliphatic heterocycles. The minimum atomic E-state index is -0.0772. The molecule has 0 aliphatic carbocycles. The first-order valence-corrected chi connectivity index (χ1v) is 5.63. The summed E-state index contributed by atoms with van der Waals surface area (Å²) in [6, 6.07) is 7.54. The largest absolute Gasteiger partial charge is 0.271 e. The third-order valence-electron chi connectivity index (χ3n) is 2.67. The molecule has 0 amide bonds. The maximum absolute atomic E-state index is 6.14. The van der Waals surface area contributed by atoms with Gasteiger partial charge in [-0.25, -0.2) is 4.98 Å². The fourth-order valence-corrected chi connectivity index (χ4v) is 1.97. The minimum Gasteiger partial charge on any atom is -0.271 e. The molecular formula is C11H14ClN5. The van der Waals surface area contributed by atoms with Gasteiger partial charge in [-0.2, -0.15) is 5.10 Å². The van der Waals surface area contributed by atoms with Crippen molar-refractivity contribution in [1.82, 2.24) is 20.2 Å². The fourth-order valence-electron chi connectivity index (χ4n) is 1.70. The quantitative estimate of drug-likeness (QED) is 0.633. The van der Waals surface area contributed by atoms with Gasteiger partial charge < -0.3 is 0 Å². The van der Waals surface area contributed by atoms with Gasteiger partial charge in [0.25, 0.3) is 0 Å². The number of rotatable bonds is 4. The first-order valence-electron chi connectivity index (χ1n) is 5.25. The van der Waals surface area contributed by atoms with Gasteiger partial charge in [-0.05, 0) is 11.6 Å². The molecule has 1 aromatic carbocycles. The molecule has 1 unspecified atom stereocenters. The third kappa shape index (κ3) is 2.63. The third-order valence-corrected chi connectivity index (χ3v) is 3.02. The first-order chi connectivity index (χ1) is 8.22. The van der Waals surface area contributed by atoms with E-state index >= 15 is 0 Å². The van der Waals surface area contributed by atoms with Crippen LogP contribution in [0, 0.1) is 0 Å². The molecule has 1 aromatic heterocycles. The lowest BCUT2D eigenvalue weighted by Gasteiger charge is -2.16. The number of benzene rings is 1. The average molecular weight is 252 g/mol. The van der Waals surface area contributed by atoms with Crippen molar-refractivity contribution in [3.8, 4) is 0 Å². The summed E-state index contributed by atoms with van der Waals surface area (Å²) < 4.78 is 1.72. The molecule has 17 heavy (non-hydrogen) atoms. The van der Waals surface area contributed by atoms with Gasteiger partial charge in [0.15, 0.2) is 0 Å². The van der Waals surface area contributed by atoms with Crippen molar-refractivity contribution >= 4 is 11.6 Å². The molecule has 1 atom stereocenters. The Morgan fingerprint density at radius 1 is 1.47 bits per heavy atom. The molecule has 0 saturated heterocycles. The number of hydrogen-bond donors (Lipinski definition) is 2. The van der Waals surface area contributed by atoms with Crippen LogP contribution in [0.4, 0.5) is 0 Å². The standard InChI is InChI=1S/C11H14ClN5/c1-17-11(14-7-15-17)6-10(16-13)8-4-2-3-5-9(8)12/h2-5,7,10,16H,6,13H2,1H3. The Morgan fingerprint density at radius 3 is 2.82 bits per heavy atom. The van der Waals surface area contributed by atoms with E-state index in [-0.39, 0.29) is 6.04 Å². The first kappa shape index (κ1) is 12.0. The lowest BCUT2D eigenvalue weighted by Crippen LogP contribution is -2.30. The van der Waals surface area contributed by atoms with Crippen LogP contribution in [0.25, 0.3) is 0 Å². The summed E-state index contributed by atoms with van der Waals surface area (Å²) in [6.45, 7) is 0. The minimum absolute atomic E-state index is 0.0772. The van der Waals surface area contributed by atoms with Gasteiger partial charge in [-0.3, -0.25) is 16.0 Å². The van der Waals surface area contributed by atoms with E-state index in [2.05, 4.69) is 15.5 Å². The summed E-state index contributed by atoms with van der Waals surface area (Å²) in [6.07, 6.45) is 2.16. The number of nitrogens with zero attached hydrogens (tertiary/aromatic N) is 3. The Labute approximate surface area is 105 Å². The molecule has 5 nitrogen and oxygen atoms in total. The normalized spacial score (nSPS) is 12.6. The van der Waals surface area contributed by atoms with Crippen molar-refractivity contribution in [3.05, 3.63) is 47.0 Å². The van der Waals surface area contributed by atoms with Crippen LogP contribution in [0.15, 0.2) is 30.6 Å². The zero-order valence-corrected chi connectivity index (χ0v) is 10.2. The van der Waals surface area contributed by atoms with Crippen LogP contribution in [0.2, 0.25) is 5.02 Å². The zero-order chi connectivity index (χ0) is 12.3. The van der Waals surface area contributed by atoms with E-state index in [1.807, 2.05) is 31.3 Å². The highest BCUT2D eigenvalue weighted by atomic mass is 35.5. The van der Waals surface area contributed by atoms with Crippen LogP contribution >= 0.6 is 11.6 Å². The number of nitrogens with one attached hydrogen (secondary N) is 1. The average Bonchev–Trinajstić information content (AvgIpc) is 2.73. The zero-order valence-electron chi connectivity index (χ0n) is 9.47. The van der Waals surface area contributed by atoms with E-state index in [4.69, 9.17) is 17.4 Å². The van der Waals surface area contributed by atoms with Crippen LogP contribution in [-0.4, -0.2) is 14.8 Å². The summed E-state index contributed by atoms with van der Waals surface area (Å²) in [5, 5.41) is 4.72. The Morgan fingerprint density at radius 2 is 2.24 bits per heavy atom. The summed E-state index contributed by atoms with van der Waals surface area (Å²) in [7, 11) is 1.85. The van der Waals surface area contributed by atoms with Crippen LogP contribution in [0.1, 0.15) is 17.4 Å². The SMILES string of the molecule is Cn1ncnc1CC(NN)c1ccccc1Cl. The highest BCUT2D eigenvalue weighted by Crippen LogP contribution is 2.24. The topological polar surface area (TPSA) is 68.8 Å². The van der Waals surface area contributed by atoms with Gasteiger partial charge >= 0.3 is 0 Å². The maximum Gasteiger partial charge on any atom is 0.138 e. The van der Waals surface area contributed by atoms with Crippen molar-refractivity contribution in [3.63, 3.8) is 0 Å². The van der Waals surface area contributed by atoms with Gasteiger partial charge in [0, 0.05) is 18.5 Å². The van der Waals surface area contributed by atoms with Crippen molar-refractivity contribution in [2.75, 3.05) is 0 Å². The molecule has 0 radical (unpaired) electrons. The van der Waals surface area contributed by atoms with Crippen molar-refractivity contribution in [1.29, 1.82) is 0 Å². The molecule has 90 valence electrons. The van der Waals surface area contributed by atoms with Gasteiger partial charge in [0.1, 0.15) is 12.2 Å². The summed E-state index contributed by atoms with van der Waals surface area (Å²) in [5.41, 5.74) is 3.72. The van der Waals surface area contributed by atoms with E-state index in [0.29, 0.717) is 11.4 Å². The molecule has 0 spiro atoms. The van der Waals surface area contributed by atoms with Crippen molar-refractivity contribution < 1.29 is 0 Å². The Hall–Kier alpha value is -1.43. The van der Waals surface area contributed by atoms with E-state index < -0.39 is 0 Å². The van der Waals surface area contributed by atoms with Crippen molar-refractivity contribution in [2.24, 2.45) is 12.9 Å². The lowest BCUT2D eigenvalue weighted by atomic mass is 10.0. The Kier molecular flexibility index (Phi) is 3.73. The number of aryl methyl sites for hydroxylation is 1. The van der Waals surface area contributed by atoms with Crippen LogP contribution in [0.5, 0.6) is 0 Å². The second-order valence-electron chi connectivity index (χ2n) is 3.74. The second-order valence-corrected chi connectivity index (χ2v) is 4.15. The van der Waals surface area contributed by atoms with Crippen molar-refractivity contribution in [2.45, 2.75) is 12.5 Å². The molecule has 2 rings (SSSR count). The molecule has 1 heterocycles. The van der Waals surface area contributed by atoms with Gasteiger partial charge in [0.05, 0.1) is 6.04 Å². The predicted octanol–water partition coefficient (Wildman–Crippen LogP) is 1.22. The summed E-state index contributed by atoms with van der Waals surface area (Å²) in [5.74, 6) is 6.43. The Bertz CT molecular complexity index is 496. The monoisotopic (exact) mass is 251 g/mol. The van der Waals surface area contributed by atoms with E-state index in [0.717, 1.165) is 11.4 Å². The smallest absolute Gasteiger partial charge is 0.138 e. The highest BCUT2D eigenvalue weighted by Gasteiger charge is 2.15. The van der Waals surface area contributed by atoms with E-state index in [1.54, 1.807) is 4.68 Å². The predicted molar refractivity (Wildman–Crippen MR) is 66.2 cm³/mol. The number of halogens is 1. The molecule has 6 heteroatoms. The fraction of sp³-hybridized carbons (Fsp3) is 0.273. The Balaban J connectivity index is 2.23. The molecule has 0 bridgehead atoms. The van der Waals surface area contributed by atoms with Crippen LogP contribution in [-0.2, 0) is 13.5 Å². The molecule has 0 aliphatic rings. The van der Waals surface area contributed by atoms with Crippen LogP contribution < -0.4 is 11.3 Å². The summed E-state index contributed by atoms with van der Waals surface area (Å²) >= 11 is 6.14. The van der Waals surface area contributed by atoms with Gasteiger partial charge in [0.2, 0.25) is 0 Å². The van der Waals surface area contributed by atoms with Gasteiger partial charge in [-0.15, -0.1) is 0 Å². The lowest BCUT2D eigenvalue weighted by molar-refractivity contribution is 0.523. The molecule has 3 N–H and O–H groups in total. The molecule has 0 saturated carbocycles. The second kappa shape index (κ2) is 5.27.